The summed E-state index contributed by atoms with van der Waals surface area (Å²) in [5, 5.41) is 12.3. The van der Waals surface area contributed by atoms with Crippen molar-refractivity contribution < 1.29 is 0 Å². The average molecular weight is 240 g/mol. The molecule has 4 heteroatoms. The van der Waals surface area contributed by atoms with E-state index in [4.69, 9.17) is 11.1 Å². The van der Waals surface area contributed by atoms with E-state index < -0.39 is 0 Å². The fraction of sp³-hybridized carbons (Fsp3) is 0.286. The van der Waals surface area contributed by atoms with E-state index in [-0.39, 0.29) is 5.84 Å². The molecule has 1 saturated carbocycles. The smallest absolute Gasteiger partial charge is 0.124 e. The fourth-order valence-corrected chi connectivity index (χ4v) is 2.24. The molecule has 0 bridgehead atoms. The van der Waals surface area contributed by atoms with E-state index in [1.54, 1.807) is 0 Å². The molecule has 1 aromatic heterocycles. The molecule has 0 amide bonds. The van der Waals surface area contributed by atoms with Crippen LogP contribution in [0.1, 0.15) is 35.6 Å². The van der Waals surface area contributed by atoms with Crippen molar-refractivity contribution in [2.45, 2.75) is 25.7 Å². The molecule has 0 aliphatic heterocycles. The second-order valence-corrected chi connectivity index (χ2v) is 4.84. The van der Waals surface area contributed by atoms with E-state index in [2.05, 4.69) is 11.2 Å². The first kappa shape index (κ1) is 11.0. The second-order valence-electron chi connectivity index (χ2n) is 4.84. The van der Waals surface area contributed by atoms with Crippen molar-refractivity contribution in [3.8, 4) is 5.69 Å². The van der Waals surface area contributed by atoms with Crippen LogP contribution >= 0.6 is 0 Å². The Morgan fingerprint density at radius 2 is 2.17 bits per heavy atom. The molecule has 1 fully saturated rings. The average Bonchev–Trinajstić information content (AvgIpc) is 3.08. The number of hydrogen-bond donors (Lipinski definition) is 2. The van der Waals surface area contributed by atoms with Crippen molar-refractivity contribution in [1.82, 2.24) is 9.78 Å². The molecule has 1 heterocycles. The Bertz CT molecular complexity index is 608. The zero-order valence-corrected chi connectivity index (χ0v) is 10.4. The van der Waals surface area contributed by atoms with Gasteiger partial charge in [0, 0.05) is 17.7 Å². The summed E-state index contributed by atoms with van der Waals surface area (Å²) in [6, 6.07) is 7.86. The number of nitrogen functional groups attached to an aromatic ring is 1. The Morgan fingerprint density at radius 1 is 1.39 bits per heavy atom. The summed E-state index contributed by atoms with van der Waals surface area (Å²) in [5.41, 5.74) is 9.52. The molecule has 3 N–H and O–H groups in total. The van der Waals surface area contributed by atoms with Crippen LogP contribution < -0.4 is 5.73 Å². The molecule has 0 radical (unpaired) electrons. The maximum absolute atomic E-state index is 7.66. The molecule has 1 aromatic carbocycles. The Hall–Kier alpha value is -2.10. The van der Waals surface area contributed by atoms with Crippen LogP contribution in [0.5, 0.6) is 0 Å². The minimum atomic E-state index is 0.0807. The molecule has 0 spiro atoms. The molecule has 0 atom stereocenters. The molecule has 3 rings (SSSR count). The molecule has 0 saturated heterocycles. The number of nitrogens with one attached hydrogen (secondary N) is 1. The second kappa shape index (κ2) is 3.98. The van der Waals surface area contributed by atoms with Gasteiger partial charge in [-0.3, -0.25) is 5.41 Å². The summed E-state index contributed by atoms with van der Waals surface area (Å²) in [4.78, 5) is 0. The lowest BCUT2D eigenvalue weighted by atomic mass is 10.1. The molecule has 1 aliphatic rings. The van der Waals surface area contributed by atoms with E-state index in [1.165, 1.54) is 12.8 Å². The van der Waals surface area contributed by atoms with Crippen LogP contribution in [0, 0.1) is 12.3 Å². The van der Waals surface area contributed by atoms with Crippen LogP contribution in [0.2, 0.25) is 0 Å². The van der Waals surface area contributed by atoms with Crippen molar-refractivity contribution in [3.63, 3.8) is 0 Å². The van der Waals surface area contributed by atoms with Crippen molar-refractivity contribution >= 4 is 5.84 Å². The highest BCUT2D eigenvalue weighted by Gasteiger charge is 2.26. The zero-order chi connectivity index (χ0) is 12.7. The van der Waals surface area contributed by atoms with E-state index in [0.29, 0.717) is 5.92 Å². The maximum atomic E-state index is 7.66. The SMILES string of the molecule is Cc1cccc(C(=N)N)c1-n1ccc(C2CC2)n1. The number of benzene rings is 1. The van der Waals surface area contributed by atoms with Crippen LogP contribution in [0.3, 0.4) is 0 Å². The highest BCUT2D eigenvalue weighted by molar-refractivity contribution is 5.98. The number of aryl methyl sites for hydroxylation is 1. The Labute approximate surface area is 106 Å². The van der Waals surface area contributed by atoms with Gasteiger partial charge < -0.3 is 5.73 Å². The van der Waals surface area contributed by atoms with Gasteiger partial charge in [0.05, 0.1) is 11.4 Å². The summed E-state index contributed by atoms with van der Waals surface area (Å²) in [6.45, 7) is 2.01. The molecule has 4 nitrogen and oxygen atoms in total. The summed E-state index contributed by atoms with van der Waals surface area (Å²) < 4.78 is 1.85. The van der Waals surface area contributed by atoms with Gasteiger partial charge in [-0.2, -0.15) is 5.10 Å². The fourth-order valence-electron chi connectivity index (χ4n) is 2.24. The Morgan fingerprint density at radius 3 is 2.83 bits per heavy atom. The van der Waals surface area contributed by atoms with E-state index >= 15 is 0 Å². The largest absolute Gasteiger partial charge is 0.384 e. The Kier molecular flexibility index (Phi) is 2.44. The third kappa shape index (κ3) is 1.79. The molecular weight excluding hydrogens is 224 g/mol. The summed E-state index contributed by atoms with van der Waals surface area (Å²) in [5.74, 6) is 0.716. The van der Waals surface area contributed by atoms with Gasteiger partial charge in [-0.05, 0) is 37.5 Å². The number of amidine groups is 1. The first-order chi connectivity index (χ1) is 8.66. The lowest BCUT2D eigenvalue weighted by Crippen LogP contribution is -2.16. The molecule has 0 unspecified atom stereocenters. The number of nitrogens with two attached hydrogens (primary N) is 1. The van der Waals surface area contributed by atoms with E-state index in [0.717, 1.165) is 22.5 Å². The predicted molar refractivity (Wildman–Crippen MR) is 71.3 cm³/mol. The number of rotatable bonds is 3. The third-order valence-corrected chi connectivity index (χ3v) is 3.36. The lowest BCUT2D eigenvalue weighted by molar-refractivity contribution is 0.830. The lowest BCUT2D eigenvalue weighted by Gasteiger charge is -2.11. The Balaban J connectivity index is 2.11. The van der Waals surface area contributed by atoms with Crippen LogP contribution in [0.25, 0.3) is 5.69 Å². The minimum Gasteiger partial charge on any atom is -0.384 e. The topological polar surface area (TPSA) is 67.7 Å². The van der Waals surface area contributed by atoms with Crippen LogP contribution in [-0.2, 0) is 0 Å². The molecular formula is C14H16N4. The number of para-hydroxylation sites is 1. The standard InChI is InChI=1S/C14H16N4/c1-9-3-2-4-11(14(15)16)13(9)18-8-7-12(17-18)10-5-6-10/h2-4,7-8,10H,5-6H2,1H3,(H3,15,16). The first-order valence-corrected chi connectivity index (χ1v) is 6.17. The van der Waals surface area contributed by atoms with Gasteiger partial charge in [0.15, 0.2) is 0 Å². The minimum absolute atomic E-state index is 0.0807. The van der Waals surface area contributed by atoms with Gasteiger partial charge in [-0.25, -0.2) is 4.68 Å². The number of aromatic nitrogens is 2. The molecule has 1 aliphatic carbocycles. The zero-order valence-electron chi connectivity index (χ0n) is 10.4. The van der Waals surface area contributed by atoms with Crippen molar-refractivity contribution in [2.24, 2.45) is 5.73 Å². The van der Waals surface area contributed by atoms with Gasteiger partial charge in [-0.1, -0.05) is 12.1 Å². The number of nitrogens with zero attached hydrogens (tertiary/aromatic N) is 2. The monoisotopic (exact) mass is 240 g/mol. The van der Waals surface area contributed by atoms with Crippen LogP contribution in [0.15, 0.2) is 30.5 Å². The van der Waals surface area contributed by atoms with Gasteiger partial charge in [0.25, 0.3) is 0 Å². The quantitative estimate of drug-likeness (QED) is 0.638. The highest BCUT2D eigenvalue weighted by atomic mass is 15.3. The molecule has 18 heavy (non-hydrogen) atoms. The molecule has 92 valence electrons. The first-order valence-electron chi connectivity index (χ1n) is 6.17. The van der Waals surface area contributed by atoms with Gasteiger partial charge in [0.2, 0.25) is 0 Å². The van der Waals surface area contributed by atoms with Gasteiger partial charge >= 0.3 is 0 Å². The third-order valence-electron chi connectivity index (χ3n) is 3.36. The predicted octanol–water partition coefficient (Wildman–Crippen LogP) is 2.34. The van der Waals surface area contributed by atoms with Crippen molar-refractivity contribution in [3.05, 3.63) is 47.3 Å². The maximum Gasteiger partial charge on any atom is 0.124 e. The summed E-state index contributed by atoms with van der Waals surface area (Å²) in [7, 11) is 0. The van der Waals surface area contributed by atoms with Crippen LogP contribution in [0.4, 0.5) is 0 Å². The van der Waals surface area contributed by atoms with Gasteiger partial charge in [-0.15, -0.1) is 0 Å². The normalized spacial score (nSPS) is 14.7. The summed E-state index contributed by atoms with van der Waals surface area (Å²) >= 11 is 0. The molecule has 2 aromatic rings. The van der Waals surface area contributed by atoms with Gasteiger partial charge in [0.1, 0.15) is 5.84 Å². The highest BCUT2D eigenvalue weighted by Crippen LogP contribution is 2.39. The van der Waals surface area contributed by atoms with Crippen LogP contribution in [-0.4, -0.2) is 15.6 Å². The van der Waals surface area contributed by atoms with E-state index in [9.17, 15) is 0 Å². The number of hydrogen-bond acceptors (Lipinski definition) is 2. The summed E-state index contributed by atoms with van der Waals surface area (Å²) in [6.07, 6.45) is 4.44. The van der Waals surface area contributed by atoms with Crippen molar-refractivity contribution in [2.75, 3.05) is 0 Å². The van der Waals surface area contributed by atoms with E-state index in [1.807, 2.05) is 36.0 Å². The van der Waals surface area contributed by atoms with Crippen molar-refractivity contribution in [1.29, 1.82) is 5.41 Å².